The fourth-order valence-electron chi connectivity index (χ4n) is 2.34. The molecular weight excluding hydrogens is 391 g/mol. The molecule has 0 fully saturated rings. The fraction of sp³-hybridized carbons (Fsp3) is 0.0526. The Morgan fingerprint density at radius 3 is 2.25 bits per heavy atom. The number of nitrogens with one attached hydrogen (secondary N) is 1. The van der Waals surface area contributed by atoms with E-state index in [2.05, 4.69) is 14.7 Å². The van der Waals surface area contributed by atoms with E-state index in [4.69, 9.17) is 0 Å². The van der Waals surface area contributed by atoms with Crippen LogP contribution in [0.3, 0.4) is 0 Å². The van der Waals surface area contributed by atoms with Crippen LogP contribution in [0.2, 0.25) is 0 Å². The molecule has 0 saturated heterocycles. The average Bonchev–Trinajstić information content (AvgIpc) is 2.67. The minimum Gasteiger partial charge on any atom is -0.263 e. The topological polar surface area (TPSA) is 71.4 Å². The van der Waals surface area contributed by atoms with Gasteiger partial charge < -0.3 is 0 Å². The summed E-state index contributed by atoms with van der Waals surface area (Å²) in [6, 6.07) is 15.3. The van der Waals surface area contributed by atoms with E-state index >= 15 is 0 Å². The zero-order valence-electron chi connectivity index (χ0n) is 14.3. The molecule has 0 amide bonds. The van der Waals surface area contributed by atoms with Crippen molar-refractivity contribution in [2.75, 3.05) is 4.72 Å². The maximum atomic E-state index is 13.0. The number of nitrogens with zero attached hydrogens (tertiary/aromatic N) is 2. The van der Waals surface area contributed by atoms with Crippen molar-refractivity contribution in [2.24, 2.45) is 4.99 Å². The first-order chi connectivity index (χ1) is 13.3. The van der Waals surface area contributed by atoms with Crippen molar-refractivity contribution in [1.82, 2.24) is 4.98 Å². The van der Waals surface area contributed by atoms with E-state index in [-0.39, 0.29) is 16.3 Å². The van der Waals surface area contributed by atoms with E-state index in [0.717, 1.165) is 12.3 Å². The summed E-state index contributed by atoms with van der Waals surface area (Å²) in [5.74, 6) is 0.174. The van der Waals surface area contributed by atoms with Gasteiger partial charge in [0.1, 0.15) is 5.82 Å². The van der Waals surface area contributed by atoms with Crippen molar-refractivity contribution < 1.29 is 21.6 Å². The zero-order valence-corrected chi connectivity index (χ0v) is 15.1. The fourth-order valence-corrected chi connectivity index (χ4v) is 3.35. The standard InChI is InChI=1S/C19H14F3N3O2S/c20-19(21,22)17-6-2-1-5-14(17)13-24-15-8-10-16(11-9-15)28(26,27)25-18-7-3-4-12-23-18/h1-13H,(H,23,25). The lowest BCUT2D eigenvalue weighted by molar-refractivity contribution is -0.137. The van der Waals surface area contributed by atoms with Crippen LogP contribution in [0, 0.1) is 0 Å². The number of halogens is 3. The van der Waals surface area contributed by atoms with Gasteiger partial charge in [0, 0.05) is 18.0 Å². The first-order valence-corrected chi connectivity index (χ1v) is 9.48. The number of sulfonamides is 1. The van der Waals surface area contributed by atoms with Gasteiger partial charge in [0.25, 0.3) is 10.0 Å². The molecule has 0 bridgehead atoms. The molecule has 0 unspecified atom stereocenters. The van der Waals surface area contributed by atoms with E-state index in [0.29, 0.717) is 5.69 Å². The molecular formula is C19H14F3N3O2S. The smallest absolute Gasteiger partial charge is 0.263 e. The van der Waals surface area contributed by atoms with Crippen LogP contribution in [-0.4, -0.2) is 19.6 Å². The Bertz CT molecular complexity index is 1080. The van der Waals surface area contributed by atoms with Crippen molar-refractivity contribution in [3.63, 3.8) is 0 Å². The molecule has 5 nitrogen and oxygen atoms in total. The van der Waals surface area contributed by atoms with Crippen molar-refractivity contribution in [1.29, 1.82) is 0 Å². The summed E-state index contributed by atoms with van der Waals surface area (Å²) < 4.78 is 66.0. The van der Waals surface area contributed by atoms with E-state index in [1.165, 1.54) is 54.7 Å². The highest BCUT2D eigenvalue weighted by Gasteiger charge is 2.32. The first kappa shape index (κ1) is 19.6. The van der Waals surface area contributed by atoms with Crippen LogP contribution in [-0.2, 0) is 16.2 Å². The SMILES string of the molecule is O=S(=O)(Nc1ccccn1)c1ccc(N=Cc2ccccc2C(F)(F)F)cc1. The van der Waals surface area contributed by atoms with E-state index in [9.17, 15) is 21.6 Å². The maximum Gasteiger partial charge on any atom is 0.417 e. The Morgan fingerprint density at radius 2 is 1.61 bits per heavy atom. The number of pyridine rings is 1. The van der Waals surface area contributed by atoms with Gasteiger partial charge in [-0.3, -0.25) is 9.71 Å². The number of rotatable bonds is 5. The van der Waals surface area contributed by atoms with Gasteiger partial charge in [-0.15, -0.1) is 0 Å². The van der Waals surface area contributed by atoms with Gasteiger partial charge in [-0.1, -0.05) is 24.3 Å². The number of anilines is 1. The molecule has 0 spiro atoms. The predicted octanol–water partition coefficient (Wildman–Crippen LogP) is 4.65. The van der Waals surface area contributed by atoms with Gasteiger partial charge in [0.15, 0.2) is 0 Å². The molecule has 28 heavy (non-hydrogen) atoms. The van der Waals surface area contributed by atoms with E-state index in [1.807, 2.05) is 0 Å². The molecule has 1 heterocycles. The second-order valence-corrected chi connectivity index (χ2v) is 7.34. The highest BCUT2D eigenvalue weighted by Crippen LogP contribution is 2.31. The van der Waals surface area contributed by atoms with Crippen LogP contribution >= 0.6 is 0 Å². The highest BCUT2D eigenvalue weighted by molar-refractivity contribution is 7.92. The summed E-state index contributed by atoms with van der Waals surface area (Å²) >= 11 is 0. The van der Waals surface area contributed by atoms with Gasteiger partial charge in [-0.25, -0.2) is 13.4 Å². The monoisotopic (exact) mass is 405 g/mol. The van der Waals surface area contributed by atoms with Crippen LogP contribution < -0.4 is 4.72 Å². The molecule has 0 aliphatic carbocycles. The van der Waals surface area contributed by atoms with Crippen LogP contribution in [0.15, 0.2) is 82.8 Å². The second-order valence-electron chi connectivity index (χ2n) is 5.66. The molecule has 0 aliphatic rings. The molecule has 0 saturated carbocycles. The summed E-state index contributed by atoms with van der Waals surface area (Å²) in [4.78, 5) is 7.88. The lowest BCUT2D eigenvalue weighted by Gasteiger charge is -2.09. The van der Waals surface area contributed by atoms with Crippen molar-refractivity contribution in [3.05, 3.63) is 84.1 Å². The summed E-state index contributed by atoms with van der Waals surface area (Å²) in [6.45, 7) is 0. The molecule has 9 heteroatoms. The maximum absolute atomic E-state index is 13.0. The Kier molecular flexibility index (Phi) is 5.46. The molecule has 0 radical (unpaired) electrons. The Labute approximate surface area is 159 Å². The van der Waals surface area contributed by atoms with Crippen molar-refractivity contribution >= 4 is 27.7 Å². The normalized spacial score (nSPS) is 12.2. The largest absolute Gasteiger partial charge is 0.417 e. The summed E-state index contributed by atoms with van der Waals surface area (Å²) in [6.07, 6.45) is -1.94. The summed E-state index contributed by atoms with van der Waals surface area (Å²) in [5, 5.41) is 0. The Morgan fingerprint density at radius 1 is 0.929 bits per heavy atom. The third kappa shape index (κ3) is 4.74. The lowest BCUT2D eigenvalue weighted by Crippen LogP contribution is -2.13. The highest BCUT2D eigenvalue weighted by atomic mass is 32.2. The Hall–Kier alpha value is -3.20. The number of aliphatic imine (C=N–C) groups is 1. The van der Waals surface area contributed by atoms with Gasteiger partial charge in [0.05, 0.1) is 16.1 Å². The third-order valence-electron chi connectivity index (χ3n) is 3.67. The molecule has 0 aliphatic heterocycles. The zero-order chi connectivity index (χ0) is 20.2. The number of benzene rings is 2. The van der Waals surface area contributed by atoms with Crippen molar-refractivity contribution in [3.8, 4) is 0 Å². The van der Waals surface area contributed by atoms with Gasteiger partial charge >= 0.3 is 6.18 Å². The minimum atomic E-state index is -4.49. The molecule has 1 aromatic heterocycles. The molecule has 1 N–H and O–H groups in total. The average molecular weight is 405 g/mol. The van der Waals surface area contributed by atoms with Crippen molar-refractivity contribution in [2.45, 2.75) is 11.1 Å². The molecule has 0 atom stereocenters. The van der Waals surface area contributed by atoms with Crippen LogP contribution in [0.5, 0.6) is 0 Å². The van der Waals surface area contributed by atoms with Gasteiger partial charge in [0.2, 0.25) is 0 Å². The van der Waals surface area contributed by atoms with Gasteiger partial charge in [-0.05, 0) is 42.5 Å². The van der Waals surface area contributed by atoms with Crippen LogP contribution in [0.1, 0.15) is 11.1 Å². The minimum absolute atomic E-state index is 0.0206. The molecule has 2 aromatic carbocycles. The quantitative estimate of drug-likeness (QED) is 0.628. The molecule has 144 valence electrons. The lowest BCUT2D eigenvalue weighted by atomic mass is 10.1. The molecule has 3 rings (SSSR count). The third-order valence-corrected chi connectivity index (χ3v) is 5.04. The summed E-state index contributed by atoms with van der Waals surface area (Å²) in [7, 11) is -3.84. The predicted molar refractivity (Wildman–Crippen MR) is 100 cm³/mol. The number of hydrogen-bond donors (Lipinski definition) is 1. The number of aromatic nitrogens is 1. The van der Waals surface area contributed by atoms with E-state index < -0.39 is 21.8 Å². The summed E-state index contributed by atoms with van der Waals surface area (Å²) in [5.41, 5.74) is -0.560. The van der Waals surface area contributed by atoms with Crippen LogP contribution in [0.4, 0.5) is 24.7 Å². The van der Waals surface area contributed by atoms with Crippen LogP contribution in [0.25, 0.3) is 0 Å². The number of alkyl halides is 3. The number of hydrogen-bond acceptors (Lipinski definition) is 4. The Balaban J connectivity index is 1.79. The molecule has 3 aromatic rings. The second kappa shape index (κ2) is 7.81. The van der Waals surface area contributed by atoms with Gasteiger partial charge in [-0.2, -0.15) is 13.2 Å². The first-order valence-electron chi connectivity index (χ1n) is 8.00. The van der Waals surface area contributed by atoms with E-state index in [1.54, 1.807) is 12.1 Å².